The minimum Gasteiger partial charge on any atom is -0.477 e. The quantitative estimate of drug-likeness (QED) is 0.882. The Labute approximate surface area is 124 Å². The van der Waals surface area contributed by atoms with Crippen molar-refractivity contribution in [1.29, 1.82) is 0 Å². The molecule has 0 fully saturated rings. The lowest BCUT2D eigenvalue weighted by molar-refractivity contribution is 0.0698. The molecular formula is C12H10ClNO4S2. The Hall–Kier alpha value is -1.41. The second-order valence-electron chi connectivity index (χ2n) is 3.90. The van der Waals surface area contributed by atoms with E-state index >= 15 is 0 Å². The van der Waals surface area contributed by atoms with Gasteiger partial charge in [-0.2, -0.15) is 0 Å². The maximum atomic E-state index is 12.3. The number of carbonyl (C=O) groups is 1. The van der Waals surface area contributed by atoms with E-state index in [4.69, 9.17) is 11.6 Å². The van der Waals surface area contributed by atoms with E-state index in [1.54, 1.807) is 24.3 Å². The monoisotopic (exact) mass is 331 g/mol. The minimum absolute atomic E-state index is 0.116. The summed E-state index contributed by atoms with van der Waals surface area (Å²) >= 11 is 6.45. The lowest BCUT2D eigenvalue weighted by Gasteiger charge is -2.06. The van der Waals surface area contributed by atoms with Crippen molar-refractivity contribution >= 4 is 49.0 Å². The standard InChI is InChI=1S/C12H10ClNO4S2/c1-7(13)6-14-20(17,18)11-8-4-2-3-5-9(8)19-10(11)12(15)16/h2-5,14H,1,6H2,(H,15,16). The molecule has 0 unspecified atom stereocenters. The van der Waals surface area contributed by atoms with Gasteiger partial charge in [0.05, 0.1) is 0 Å². The fraction of sp³-hybridized carbons (Fsp3) is 0.0833. The van der Waals surface area contributed by atoms with Crippen molar-refractivity contribution in [3.63, 3.8) is 0 Å². The third-order valence-corrected chi connectivity index (χ3v) is 5.37. The van der Waals surface area contributed by atoms with Crippen molar-refractivity contribution in [1.82, 2.24) is 4.72 Å². The molecule has 0 aliphatic rings. The second-order valence-corrected chi connectivity index (χ2v) is 7.19. The molecule has 0 radical (unpaired) electrons. The van der Waals surface area contributed by atoms with Gasteiger partial charge in [0.1, 0.15) is 9.77 Å². The maximum Gasteiger partial charge on any atom is 0.347 e. The highest BCUT2D eigenvalue weighted by Crippen LogP contribution is 2.34. The van der Waals surface area contributed by atoms with Crippen molar-refractivity contribution in [2.24, 2.45) is 0 Å². The molecule has 8 heteroatoms. The van der Waals surface area contributed by atoms with Gasteiger partial charge in [-0.05, 0) is 6.07 Å². The van der Waals surface area contributed by atoms with E-state index < -0.39 is 16.0 Å². The van der Waals surface area contributed by atoms with Crippen LogP contribution in [0.1, 0.15) is 9.67 Å². The van der Waals surface area contributed by atoms with Crippen LogP contribution < -0.4 is 4.72 Å². The van der Waals surface area contributed by atoms with Crippen LogP contribution in [-0.2, 0) is 10.0 Å². The first-order valence-electron chi connectivity index (χ1n) is 5.40. The Morgan fingerprint density at radius 3 is 2.65 bits per heavy atom. The van der Waals surface area contributed by atoms with Gasteiger partial charge in [0.2, 0.25) is 10.0 Å². The zero-order chi connectivity index (χ0) is 14.9. The Morgan fingerprint density at radius 1 is 1.40 bits per heavy atom. The summed E-state index contributed by atoms with van der Waals surface area (Å²) in [5, 5.41) is 9.68. The number of aromatic carboxylic acids is 1. The number of benzene rings is 1. The molecule has 106 valence electrons. The first kappa shape index (κ1) is 15.0. The molecule has 5 nitrogen and oxygen atoms in total. The highest BCUT2D eigenvalue weighted by Gasteiger charge is 2.27. The molecule has 2 N–H and O–H groups in total. The van der Waals surface area contributed by atoms with Gasteiger partial charge in [-0.25, -0.2) is 17.9 Å². The fourth-order valence-corrected chi connectivity index (χ4v) is 4.58. The number of carboxylic acids is 1. The predicted octanol–water partition coefficient (Wildman–Crippen LogP) is 2.63. The highest BCUT2D eigenvalue weighted by atomic mass is 35.5. The molecule has 0 bridgehead atoms. The number of hydrogen-bond donors (Lipinski definition) is 2. The summed E-state index contributed by atoms with van der Waals surface area (Å²) in [5.41, 5.74) is 0. The Bertz CT molecular complexity index is 795. The highest BCUT2D eigenvalue weighted by molar-refractivity contribution is 7.90. The molecule has 0 saturated heterocycles. The molecule has 2 rings (SSSR count). The number of hydrogen-bond acceptors (Lipinski definition) is 4. The molecular weight excluding hydrogens is 322 g/mol. The van der Waals surface area contributed by atoms with E-state index in [0.29, 0.717) is 10.1 Å². The topological polar surface area (TPSA) is 83.5 Å². The smallest absolute Gasteiger partial charge is 0.347 e. The van der Waals surface area contributed by atoms with E-state index in [0.717, 1.165) is 11.3 Å². The molecule has 0 spiro atoms. The Kier molecular flexibility index (Phi) is 4.14. The Morgan fingerprint density at radius 2 is 2.05 bits per heavy atom. The summed E-state index contributed by atoms with van der Waals surface area (Å²) in [5.74, 6) is -1.28. The molecule has 0 atom stereocenters. The second kappa shape index (κ2) is 5.53. The zero-order valence-corrected chi connectivity index (χ0v) is 12.5. The van der Waals surface area contributed by atoms with Crippen LogP contribution in [0.3, 0.4) is 0 Å². The average molecular weight is 332 g/mol. The normalized spacial score (nSPS) is 11.7. The molecule has 0 amide bonds. The van der Waals surface area contributed by atoms with Gasteiger partial charge in [0, 0.05) is 21.7 Å². The zero-order valence-electron chi connectivity index (χ0n) is 10.1. The average Bonchev–Trinajstić information content (AvgIpc) is 2.76. The third kappa shape index (κ3) is 2.85. The van der Waals surface area contributed by atoms with E-state index in [-0.39, 0.29) is 21.3 Å². The van der Waals surface area contributed by atoms with Crippen LogP contribution in [0.5, 0.6) is 0 Å². The van der Waals surface area contributed by atoms with Crippen LogP contribution in [0.2, 0.25) is 0 Å². The summed E-state index contributed by atoms with van der Waals surface area (Å²) in [6.07, 6.45) is 0. The van der Waals surface area contributed by atoms with Crippen LogP contribution in [0.15, 0.2) is 40.8 Å². The van der Waals surface area contributed by atoms with Crippen molar-refractivity contribution in [2.75, 3.05) is 6.54 Å². The van der Waals surface area contributed by atoms with Crippen molar-refractivity contribution in [3.8, 4) is 0 Å². The van der Waals surface area contributed by atoms with Crippen LogP contribution in [-0.4, -0.2) is 26.0 Å². The maximum absolute atomic E-state index is 12.3. The number of thiophene rings is 1. The first-order chi connectivity index (χ1) is 9.33. The van der Waals surface area contributed by atoms with E-state index in [1.165, 1.54) is 0 Å². The SMILES string of the molecule is C=C(Cl)CNS(=O)(=O)c1c(C(=O)O)sc2ccccc12. The lowest BCUT2D eigenvalue weighted by atomic mass is 10.2. The van der Waals surface area contributed by atoms with Gasteiger partial charge in [0.15, 0.2) is 0 Å². The number of fused-ring (bicyclic) bond motifs is 1. The van der Waals surface area contributed by atoms with Gasteiger partial charge in [-0.15, -0.1) is 11.3 Å². The molecule has 1 aromatic heterocycles. The molecule has 20 heavy (non-hydrogen) atoms. The number of sulfonamides is 1. The molecule has 0 aliphatic heterocycles. The van der Waals surface area contributed by atoms with Crippen molar-refractivity contribution in [3.05, 3.63) is 40.8 Å². The van der Waals surface area contributed by atoms with Crippen LogP contribution in [0, 0.1) is 0 Å². The van der Waals surface area contributed by atoms with E-state index in [9.17, 15) is 18.3 Å². The number of carboxylic acid groups (broad SMARTS) is 1. The summed E-state index contributed by atoms with van der Waals surface area (Å²) in [4.78, 5) is 10.8. The molecule has 1 aromatic carbocycles. The first-order valence-corrected chi connectivity index (χ1v) is 8.08. The largest absolute Gasteiger partial charge is 0.477 e. The van der Waals surface area contributed by atoms with Crippen molar-refractivity contribution in [2.45, 2.75) is 4.90 Å². The van der Waals surface area contributed by atoms with E-state index in [1.807, 2.05) is 0 Å². The van der Waals surface area contributed by atoms with Crippen molar-refractivity contribution < 1.29 is 18.3 Å². The Balaban J connectivity index is 2.65. The lowest BCUT2D eigenvalue weighted by Crippen LogP contribution is -2.26. The summed E-state index contributed by atoms with van der Waals surface area (Å²) in [6.45, 7) is 3.22. The molecule has 0 aliphatic carbocycles. The van der Waals surface area contributed by atoms with Crippen LogP contribution >= 0.6 is 22.9 Å². The van der Waals surface area contributed by atoms with Gasteiger partial charge < -0.3 is 5.11 Å². The van der Waals surface area contributed by atoms with Gasteiger partial charge >= 0.3 is 5.97 Å². The van der Waals surface area contributed by atoms with Gasteiger partial charge in [0.25, 0.3) is 0 Å². The molecule has 2 aromatic rings. The molecule has 0 saturated carbocycles. The number of rotatable bonds is 5. The summed E-state index contributed by atoms with van der Waals surface area (Å²) < 4.78 is 27.4. The summed E-state index contributed by atoms with van der Waals surface area (Å²) in [7, 11) is -3.98. The third-order valence-electron chi connectivity index (χ3n) is 2.47. The summed E-state index contributed by atoms with van der Waals surface area (Å²) in [6, 6.07) is 6.61. The predicted molar refractivity (Wildman–Crippen MR) is 79.0 cm³/mol. The number of nitrogens with one attached hydrogen (secondary N) is 1. The molecule has 1 heterocycles. The fourth-order valence-electron chi connectivity index (χ4n) is 1.67. The van der Waals surface area contributed by atoms with E-state index in [2.05, 4.69) is 11.3 Å². The minimum atomic E-state index is -3.98. The van der Waals surface area contributed by atoms with Crippen LogP contribution in [0.4, 0.5) is 0 Å². The number of halogens is 1. The van der Waals surface area contributed by atoms with Gasteiger partial charge in [-0.1, -0.05) is 36.4 Å². The van der Waals surface area contributed by atoms with Crippen LogP contribution in [0.25, 0.3) is 10.1 Å². The van der Waals surface area contributed by atoms with Gasteiger partial charge in [-0.3, -0.25) is 0 Å².